The van der Waals surface area contributed by atoms with E-state index in [-0.39, 0.29) is 47.3 Å². The first-order valence-corrected chi connectivity index (χ1v) is 8.97. The van der Waals surface area contributed by atoms with Gasteiger partial charge in [-0.25, -0.2) is 13.2 Å². The normalized spacial score (nSPS) is 18.2. The number of carbonyl (C=O) groups excluding carboxylic acids is 1. The van der Waals surface area contributed by atoms with E-state index in [4.69, 9.17) is 9.52 Å². The van der Waals surface area contributed by atoms with Crippen molar-refractivity contribution >= 4 is 27.7 Å². The van der Waals surface area contributed by atoms with Crippen LogP contribution in [-0.4, -0.2) is 48.4 Å². The van der Waals surface area contributed by atoms with Crippen LogP contribution in [0, 0.1) is 6.92 Å². The number of carbonyl (C=O) groups is 2. The molecule has 2 N–H and O–H groups in total. The molecular weight excluding hydrogens is 350 g/mol. The smallest absolute Gasteiger partial charge is 0.339 e. The number of aryl methyl sites for hydroxylation is 1. The molecule has 2 aliphatic heterocycles. The summed E-state index contributed by atoms with van der Waals surface area (Å²) in [6.07, 6.45) is 4.76. The molecule has 9 nitrogen and oxygen atoms in total. The molecule has 10 heteroatoms. The van der Waals surface area contributed by atoms with Crippen LogP contribution in [0.15, 0.2) is 38.8 Å². The van der Waals surface area contributed by atoms with Crippen molar-refractivity contribution in [1.82, 2.24) is 10.2 Å². The number of aromatic carboxylic acids is 1. The standard InChI is InChI=1S/C15H15N3O6S/c1-9-12(15(20)21)7-10(24-9)8-16-14(19)11-3-2-4-18-5-6-25(22,23)17-13(11)18/h2-4,7H,5-6,8H2,1H3,(H,16,19)(H,20,21). The van der Waals surface area contributed by atoms with Crippen molar-refractivity contribution in [3.63, 3.8) is 0 Å². The summed E-state index contributed by atoms with van der Waals surface area (Å²) < 4.78 is 32.3. The Labute approximate surface area is 143 Å². The number of amides is 1. The monoisotopic (exact) mass is 365 g/mol. The highest BCUT2D eigenvalue weighted by Gasteiger charge is 2.30. The number of allylic oxidation sites excluding steroid dienone is 2. The van der Waals surface area contributed by atoms with Crippen LogP contribution in [0.4, 0.5) is 0 Å². The molecule has 0 saturated carbocycles. The van der Waals surface area contributed by atoms with Crippen LogP contribution in [0.5, 0.6) is 0 Å². The van der Waals surface area contributed by atoms with E-state index < -0.39 is 21.9 Å². The Morgan fingerprint density at radius 3 is 2.88 bits per heavy atom. The van der Waals surface area contributed by atoms with Gasteiger partial charge in [0.25, 0.3) is 15.9 Å². The van der Waals surface area contributed by atoms with Crippen molar-refractivity contribution in [3.05, 3.63) is 47.1 Å². The Bertz CT molecular complexity index is 938. The topological polar surface area (TPSA) is 129 Å². The summed E-state index contributed by atoms with van der Waals surface area (Å²) in [5.74, 6) is -1.16. The third-order valence-electron chi connectivity index (χ3n) is 3.72. The van der Waals surface area contributed by atoms with Crippen molar-refractivity contribution in [2.75, 3.05) is 12.3 Å². The SMILES string of the molecule is Cc1oc(CNC(=O)C2=CC=CN3CCS(=O)(=O)N=C23)cc1C(=O)O. The Balaban J connectivity index is 1.76. The van der Waals surface area contributed by atoms with Crippen molar-refractivity contribution in [3.8, 4) is 0 Å². The maximum Gasteiger partial charge on any atom is 0.339 e. The van der Waals surface area contributed by atoms with Gasteiger partial charge in [-0.05, 0) is 25.1 Å². The van der Waals surface area contributed by atoms with E-state index in [1.807, 2.05) is 0 Å². The van der Waals surface area contributed by atoms with Crippen LogP contribution < -0.4 is 5.32 Å². The minimum absolute atomic E-state index is 0.0259. The number of carboxylic acids is 1. The van der Waals surface area contributed by atoms with E-state index in [1.165, 1.54) is 19.1 Å². The van der Waals surface area contributed by atoms with Crippen LogP contribution in [0.2, 0.25) is 0 Å². The molecule has 25 heavy (non-hydrogen) atoms. The second kappa shape index (κ2) is 6.20. The van der Waals surface area contributed by atoms with Gasteiger partial charge in [0.15, 0.2) is 5.84 Å². The van der Waals surface area contributed by atoms with E-state index in [1.54, 1.807) is 17.2 Å². The number of hydrogen-bond acceptors (Lipinski definition) is 6. The molecule has 132 valence electrons. The highest BCUT2D eigenvalue weighted by molar-refractivity contribution is 7.90. The predicted octanol–water partition coefficient (Wildman–Crippen LogP) is 0.400. The lowest BCUT2D eigenvalue weighted by Gasteiger charge is -2.28. The van der Waals surface area contributed by atoms with Crippen molar-refractivity contribution in [2.24, 2.45) is 4.40 Å². The highest BCUT2D eigenvalue weighted by Crippen LogP contribution is 2.18. The summed E-state index contributed by atoms with van der Waals surface area (Å²) in [5.41, 5.74) is 0.144. The summed E-state index contributed by atoms with van der Waals surface area (Å²) in [6, 6.07) is 1.34. The number of sulfonamides is 1. The van der Waals surface area contributed by atoms with Gasteiger partial charge in [0.05, 0.1) is 17.9 Å². The molecule has 1 amide bonds. The number of furan rings is 1. The van der Waals surface area contributed by atoms with Crippen LogP contribution in [0.3, 0.4) is 0 Å². The quantitative estimate of drug-likeness (QED) is 0.790. The largest absolute Gasteiger partial charge is 0.478 e. The van der Waals surface area contributed by atoms with Crippen LogP contribution >= 0.6 is 0 Å². The summed E-state index contributed by atoms with van der Waals surface area (Å²) >= 11 is 0. The van der Waals surface area contributed by atoms with E-state index >= 15 is 0 Å². The first kappa shape index (κ1) is 17.0. The predicted molar refractivity (Wildman–Crippen MR) is 87.4 cm³/mol. The summed E-state index contributed by atoms with van der Waals surface area (Å²) in [6.45, 7) is 1.71. The minimum atomic E-state index is -3.59. The summed E-state index contributed by atoms with van der Waals surface area (Å²) in [5, 5.41) is 11.6. The van der Waals surface area contributed by atoms with Gasteiger partial charge in [0, 0.05) is 12.7 Å². The van der Waals surface area contributed by atoms with Crippen molar-refractivity contribution < 1.29 is 27.5 Å². The van der Waals surface area contributed by atoms with Gasteiger partial charge in [0.2, 0.25) is 0 Å². The molecule has 0 saturated heterocycles. The van der Waals surface area contributed by atoms with Crippen molar-refractivity contribution in [1.29, 1.82) is 0 Å². The zero-order valence-electron chi connectivity index (χ0n) is 13.2. The van der Waals surface area contributed by atoms with Gasteiger partial charge in [0.1, 0.15) is 17.1 Å². The average molecular weight is 365 g/mol. The molecular formula is C15H15N3O6S. The fraction of sp³-hybridized carbons (Fsp3) is 0.267. The first-order valence-electron chi connectivity index (χ1n) is 7.36. The van der Waals surface area contributed by atoms with Crippen LogP contribution in [0.1, 0.15) is 21.9 Å². The van der Waals surface area contributed by atoms with Gasteiger partial charge < -0.3 is 19.7 Å². The maximum atomic E-state index is 12.4. The Hall–Kier alpha value is -2.88. The highest BCUT2D eigenvalue weighted by atomic mass is 32.2. The van der Waals surface area contributed by atoms with Crippen LogP contribution in [0.25, 0.3) is 0 Å². The summed E-state index contributed by atoms with van der Waals surface area (Å²) in [4.78, 5) is 25.0. The molecule has 0 aliphatic carbocycles. The number of fused-ring (bicyclic) bond motifs is 1. The molecule has 1 aromatic rings. The minimum Gasteiger partial charge on any atom is -0.478 e. The number of hydrogen-bond donors (Lipinski definition) is 2. The Kier molecular flexibility index (Phi) is 4.21. The van der Waals surface area contributed by atoms with Gasteiger partial charge >= 0.3 is 5.97 Å². The lowest BCUT2D eigenvalue weighted by Crippen LogP contribution is -2.42. The van der Waals surface area contributed by atoms with Gasteiger partial charge in [-0.3, -0.25) is 4.79 Å². The molecule has 0 radical (unpaired) electrons. The van der Waals surface area contributed by atoms with E-state index in [0.717, 1.165) is 0 Å². The number of amidine groups is 1. The number of carboxylic acid groups (broad SMARTS) is 1. The van der Waals surface area contributed by atoms with Crippen LogP contribution in [-0.2, 0) is 21.4 Å². The molecule has 0 spiro atoms. The molecule has 0 fully saturated rings. The molecule has 0 bridgehead atoms. The first-order chi connectivity index (χ1) is 11.8. The van der Waals surface area contributed by atoms with E-state index in [9.17, 15) is 18.0 Å². The second-order valence-corrected chi connectivity index (χ2v) is 7.24. The maximum absolute atomic E-state index is 12.4. The number of nitrogens with one attached hydrogen (secondary N) is 1. The van der Waals surface area contributed by atoms with Gasteiger partial charge in [-0.15, -0.1) is 4.40 Å². The Morgan fingerprint density at radius 1 is 1.44 bits per heavy atom. The molecule has 0 atom stereocenters. The molecule has 1 aromatic heterocycles. The number of rotatable bonds is 4. The van der Waals surface area contributed by atoms with E-state index in [2.05, 4.69) is 9.71 Å². The lowest BCUT2D eigenvalue weighted by atomic mass is 10.1. The van der Waals surface area contributed by atoms with Gasteiger partial charge in [-0.1, -0.05) is 0 Å². The number of nitrogens with zero attached hydrogens (tertiary/aromatic N) is 2. The Morgan fingerprint density at radius 2 is 2.20 bits per heavy atom. The third kappa shape index (κ3) is 3.48. The molecule has 3 heterocycles. The van der Waals surface area contributed by atoms with Crippen molar-refractivity contribution in [2.45, 2.75) is 13.5 Å². The zero-order valence-corrected chi connectivity index (χ0v) is 14.0. The van der Waals surface area contributed by atoms with Gasteiger partial charge in [-0.2, -0.15) is 0 Å². The lowest BCUT2D eigenvalue weighted by molar-refractivity contribution is -0.117. The summed E-state index contributed by atoms with van der Waals surface area (Å²) in [7, 11) is -3.59. The average Bonchev–Trinajstić information content (AvgIpc) is 2.92. The van der Waals surface area contributed by atoms with E-state index in [0.29, 0.717) is 0 Å². The zero-order chi connectivity index (χ0) is 18.2. The molecule has 2 aliphatic rings. The fourth-order valence-corrected chi connectivity index (χ4v) is 3.48. The molecule has 3 rings (SSSR count). The third-order valence-corrected chi connectivity index (χ3v) is 4.87. The molecule has 0 aromatic carbocycles. The second-order valence-electron chi connectivity index (χ2n) is 5.49. The fourth-order valence-electron chi connectivity index (χ4n) is 2.50. The molecule has 0 unspecified atom stereocenters.